The van der Waals surface area contributed by atoms with Crippen molar-refractivity contribution in [3.8, 4) is 0 Å². The minimum absolute atomic E-state index is 0.154. The maximum absolute atomic E-state index is 6.14. The molecule has 0 amide bonds. The van der Waals surface area contributed by atoms with E-state index in [2.05, 4.69) is 34.3 Å². The standard InChI is InChI=1S/C15H23BrN2OS/c1-10-8-12(20-14(10)16)13(18-17)11-4-7-19-15(9-11)5-2-3-6-15/h8,11,13,18H,2-7,9,17H2,1H3. The molecule has 1 saturated heterocycles. The van der Waals surface area contributed by atoms with Crippen LogP contribution < -0.4 is 11.3 Å². The van der Waals surface area contributed by atoms with Gasteiger partial charge in [0.2, 0.25) is 0 Å². The smallest absolute Gasteiger partial charge is 0.0731 e. The topological polar surface area (TPSA) is 47.3 Å². The number of rotatable bonds is 3. The highest BCUT2D eigenvalue weighted by Gasteiger charge is 2.42. The fourth-order valence-corrected chi connectivity index (χ4v) is 5.53. The molecule has 1 saturated carbocycles. The van der Waals surface area contributed by atoms with E-state index in [0.29, 0.717) is 5.92 Å². The Morgan fingerprint density at radius 2 is 2.25 bits per heavy atom. The third kappa shape index (κ3) is 2.83. The van der Waals surface area contributed by atoms with E-state index >= 15 is 0 Å². The maximum Gasteiger partial charge on any atom is 0.0731 e. The number of hydrogen-bond acceptors (Lipinski definition) is 4. The summed E-state index contributed by atoms with van der Waals surface area (Å²) in [6.07, 6.45) is 7.34. The number of ether oxygens (including phenoxy) is 1. The summed E-state index contributed by atoms with van der Waals surface area (Å²) in [6, 6.07) is 2.52. The predicted molar refractivity (Wildman–Crippen MR) is 86.7 cm³/mol. The normalized spacial score (nSPS) is 27.1. The molecule has 1 aromatic rings. The highest BCUT2D eigenvalue weighted by Crippen LogP contribution is 2.46. The van der Waals surface area contributed by atoms with Crippen molar-refractivity contribution in [2.45, 2.75) is 57.1 Å². The second kappa shape index (κ2) is 6.05. The van der Waals surface area contributed by atoms with Gasteiger partial charge in [0.1, 0.15) is 0 Å². The molecule has 0 aromatic carbocycles. The summed E-state index contributed by atoms with van der Waals surface area (Å²) in [5.74, 6) is 6.46. The Morgan fingerprint density at radius 3 is 2.85 bits per heavy atom. The molecule has 0 radical (unpaired) electrons. The van der Waals surface area contributed by atoms with Crippen LogP contribution in [0.25, 0.3) is 0 Å². The Balaban J connectivity index is 1.78. The van der Waals surface area contributed by atoms with Crippen LogP contribution in [0, 0.1) is 12.8 Å². The summed E-state index contributed by atoms with van der Waals surface area (Å²) in [4.78, 5) is 1.34. The number of halogens is 1. The molecule has 5 heteroatoms. The Bertz CT molecular complexity index is 451. The fraction of sp³-hybridized carbons (Fsp3) is 0.733. The van der Waals surface area contributed by atoms with E-state index in [0.717, 1.165) is 19.4 Å². The number of hydrogen-bond donors (Lipinski definition) is 2. The lowest BCUT2D eigenvalue weighted by molar-refractivity contribution is -0.0980. The largest absolute Gasteiger partial charge is 0.375 e. The minimum Gasteiger partial charge on any atom is -0.375 e. The lowest BCUT2D eigenvalue weighted by Crippen LogP contribution is -2.43. The van der Waals surface area contributed by atoms with Gasteiger partial charge in [0.05, 0.1) is 15.4 Å². The van der Waals surface area contributed by atoms with Crippen LogP contribution in [0.3, 0.4) is 0 Å². The average Bonchev–Trinajstić information content (AvgIpc) is 2.99. The van der Waals surface area contributed by atoms with Gasteiger partial charge in [0.25, 0.3) is 0 Å². The molecule has 1 aliphatic carbocycles. The van der Waals surface area contributed by atoms with Gasteiger partial charge in [0.15, 0.2) is 0 Å². The molecule has 1 aliphatic heterocycles. The van der Waals surface area contributed by atoms with Gasteiger partial charge in [-0.15, -0.1) is 11.3 Å². The molecule has 2 heterocycles. The van der Waals surface area contributed by atoms with Crippen molar-refractivity contribution in [3.63, 3.8) is 0 Å². The molecule has 3 nitrogen and oxygen atoms in total. The predicted octanol–water partition coefficient (Wildman–Crippen LogP) is 4.06. The third-order valence-electron chi connectivity index (χ3n) is 4.88. The van der Waals surface area contributed by atoms with Gasteiger partial charge in [-0.25, -0.2) is 0 Å². The zero-order valence-electron chi connectivity index (χ0n) is 12.0. The van der Waals surface area contributed by atoms with Crippen molar-refractivity contribution in [2.24, 2.45) is 11.8 Å². The zero-order chi connectivity index (χ0) is 14.2. The summed E-state index contributed by atoms with van der Waals surface area (Å²) in [5.41, 5.74) is 4.52. The number of aryl methyl sites for hydroxylation is 1. The van der Waals surface area contributed by atoms with Crippen LogP contribution in [0.4, 0.5) is 0 Å². The first-order chi connectivity index (χ1) is 9.63. The number of thiophene rings is 1. The zero-order valence-corrected chi connectivity index (χ0v) is 14.4. The van der Waals surface area contributed by atoms with Crippen LogP contribution in [0.2, 0.25) is 0 Å². The number of nitrogens with one attached hydrogen (secondary N) is 1. The molecular weight excluding hydrogens is 336 g/mol. The molecule has 1 spiro atoms. The summed E-state index contributed by atoms with van der Waals surface area (Å²) < 4.78 is 7.36. The Kier molecular flexibility index (Phi) is 4.53. The van der Waals surface area contributed by atoms with Gasteiger partial charge >= 0.3 is 0 Å². The molecule has 112 valence electrons. The number of hydrazine groups is 1. The Morgan fingerprint density at radius 1 is 1.50 bits per heavy atom. The van der Waals surface area contributed by atoms with E-state index in [1.165, 1.54) is 39.9 Å². The van der Waals surface area contributed by atoms with Crippen LogP contribution in [-0.4, -0.2) is 12.2 Å². The van der Waals surface area contributed by atoms with Gasteiger partial charge in [-0.2, -0.15) is 0 Å². The molecule has 2 fully saturated rings. The first-order valence-electron chi connectivity index (χ1n) is 7.49. The lowest BCUT2D eigenvalue weighted by atomic mass is 9.80. The summed E-state index contributed by atoms with van der Waals surface area (Å²) >= 11 is 5.43. The van der Waals surface area contributed by atoms with Crippen LogP contribution in [0.5, 0.6) is 0 Å². The monoisotopic (exact) mass is 358 g/mol. The molecule has 3 rings (SSSR count). The van der Waals surface area contributed by atoms with Crippen LogP contribution in [-0.2, 0) is 4.74 Å². The molecule has 2 unspecified atom stereocenters. The molecule has 0 bridgehead atoms. The van der Waals surface area contributed by atoms with Crippen molar-refractivity contribution >= 4 is 27.3 Å². The molecule has 2 atom stereocenters. The van der Waals surface area contributed by atoms with Crippen molar-refractivity contribution in [3.05, 3.63) is 20.3 Å². The number of nitrogens with two attached hydrogens (primary N) is 1. The highest BCUT2D eigenvalue weighted by molar-refractivity contribution is 9.11. The Hall–Kier alpha value is 0.0600. The molecule has 20 heavy (non-hydrogen) atoms. The second-order valence-electron chi connectivity index (χ2n) is 6.24. The van der Waals surface area contributed by atoms with E-state index in [1.807, 2.05) is 0 Å². The van der Waals surface area contributed by atoms with E-state index in [9.17, 15) is 0 Å². The van der Waals surface area contributed by atoms with Crippen molar-refractivity contribution in [1.82, 2.24) is 5.43 Å². The van der Waals surface area contributed by atoms with Crippen molar-refractivity contribution in [2.75, 3.05) is 6.61 Å². The maximum atomic E-state index is 6.14. The second-order valence-corrected chi connectivity index (χ2v) is 8.64. The first-order valence-corrected chi connectivity index (χ1v) is 9.10. The van der Waals surface area contributed by atoms with Crippen LogP contribution in [0.1, 0.15) is 55.0 Å². The van der Waals surface area contributed by atoms with E-state index in [-0.39, 0.29) is 11.6 Å². The molecule has 1 aromatic heterocycles. The van der Waals surface area contributed by atoms with E-state index in [1.54, 1.807) is 11.3 Å². The molecule has 3 N–H and O–H groups in total. The van der Waals surface area contributed by atoms with Gasteiger partial charge in [-0.3, -0.25) is 11.3 Å². The Labute approximate surface area is 133 Å². The van der Waals surface area contributed by atoms with Crippen LogP contribution in [0.15, 0.2) is 9.85 Å². The lowest BCUT2D eigenvalue weighted by Gasteiger charge is -2.41. The average molecular weight is 359 g/mol. The highest BCUT2D eigenvalue weighted by atomic mass is 79.9. The summed E-state index contributed by atoms with van der Waals surface area (Å²) in [6.45, 7) is 3.02. The quantitative estimate of drug-likeness (QED) is 0.632. The van der Waals surface area contributed by atoms with Gasteiger partial charge in [-0.05, 0) is 66.1 Å². The van der Waals surface area contributed by atoms with Gasteiger partial charge < -0.3 is 4.74 Å². The third-order valence-corrected chi connectivity index (χ3v) is 7.10. The summed E-state index contributed by atoms with van der Waals surface area (Å²) in [5, 5.41) is 0. The SMILES string of the molecule is Cc1cc(C(NN)C2CCOC3(CCCC3)C2)sc1Br. The van der Waals surface area contributed by atoms with Gasteiger partial charge in [0, 0.05) is 11.5 Å². The minimum atomic E-state index is 0.154. The first kappa shape index (κ1) is 15.0. The van der Waals surface area contributed by atoms with Crippen LogP contribution >= 0.6 is 27.3 Å². The summed E-state index contributed by atoms with van der Waals surface area (Å²) in [7, 11) is 0. The van der Waals surface area contributed by atoms with E-state index < -0.39 is 0 Å². The molecular formula is C15H23BrN2OS. The van der Waals surface area contributed by atoms with Crippen molar-refractivity contribution in [1.29, 1.82) is 0 Å². The molecule has 2 aliphatic rings. The van der Waals surface area contributed by atoms with Crippen molar-refractivity contribution < 1.29 is 4.74 Å². The van der Waals surface area contributed by atoms with E-state index in [4.69, 9.17) is 10.6 Å². The fourth-order valence-electron chi connectivity index (χ4n) is 3.81. The van der Waals surface area contributed by atoms with Gasteiger partial charge in [-0.1, -0.05) is 12.8 Å².